The molecule has 0 aliphatic carbocycles. The molecule has 38 heavy (non-hydrogen) atoms. The summed E-state index contributed by atoms with van der Waals surface area (Å²) in [5, 5.41) is 3.21. The summed E-state index contributed by atoms with van der Waals surface area (Å²) in [5.74, 6) is -2.53. The van der Waals surface area contributed by atoms with Crippen molar-refractivity contribution in [3.8, 4) is 0 Å². The van der Waals surface area contributed by atoms with Crippen molar-refractivity contribution in [3.63, 3.8) is 0 Å². The Labute approximate surface area is 235 Å². The number of nitrogens with zero attached hydrogens (tertiary/aromatic N) is 1. The number of aromatic nitrogens is 1. The number of aryl methyl sites for hydroxylation is 1. The van der Waals surface area contributed by atoms with Crippen LogP contribution in [0.3, 0.4) is 0 Å². The third-order valence-electron chi connectivity index (χ3n) is 5.13. The molecule has 0 unspecified atom stereocenters. The summed E-state index contributed by atoms with van der Waals surface area (Å²) in [6.45, 7) is 8.63. The largest absolute Gasteiger partial charge is 0.462 e. The highest BCUT2D eigenvalue weighted by molar-refractivity contribution is 9.10. The number of esters is 2. The lowest BCUT2D eigenvalue weighted by Gasteiger charge is -2.28. The Balaban J connectivity index is 1.95. The minimum atomic E-state index is -3.86. The Morgan fingerprint density at radius 2 is 1.47 bits per heavy atom. The average molecular weight is 625 g/mol. The number of halogens is 1. The SMILES string of the molecule is Cc1cc(NS(=O)(=O)c2ccc(N[C@H](c3ccc(Br)cc3)C(C(=O)OC(C)C)C(=O)OC(C)C)cc2)ns1. The lowest BCUT2D eigenvalue weighted by Crippen LogP contribution is -2.38. The highest BCUT2D eigenvalue weighted by Crippen LogP contribution is 2.31. The van der Waals surface area contributed by atoms with Gasteiger partial charge in [0.1, 0.15) is 0 Å². The molecule has 0 radical (unpaired) electrons. The molecule has 3 aromatic rings. The number of anilines is 2. The second-order valence-electron chi connectivity index (χ2n) is 9.08. The molecule has 9 nitrogen and oxygen atoms in total. The minimum absolute atomic E-state index is 0.0314. The van der Waals surface area contributed by atoms with Crippen molar-refractivity contribution < 1.29 is 27.5 Å². The average Bonchev–Trinajstić information content (AvgIpc) is 3.22. The van der Waals surface area contributed by atoms with E-state index in [2.05, 4.69) is 30.3 Å². The number of rotatable bonds is 11. The van der Waals surface area contributed by atoms with Gasteiger partial charge in [-0.25, -0.2) is 8.42 Å². The second kappa shape index (κ2) is 12.7. The second-order valence-corrected chi connectivity index (χ2v) is 12.7. The normalized spacial score (nSPS) is 12.4. The Bertz CT molecular complexity index is 1330. The number of carbonyl (C=O) groups is 2. The first-order valence-electron chi connectivity index (χ1n) is 11.8. The first-order valence-corrected chi connectivity index (χ1v) is 14.9. The number of benzene rings is 2. The summed E-state index contributed by atoms with van der Waals surface area (Å²) >= 11 is 4.60. The standard InChI is InChI=1S/C26H30BrN3O6S2/c1-15(2)35-25(31)23(26(32)36-16(3)4)24(18-6-8-19(27)9-7-18)28-20-10-12-21(13-11-20)38(33,34)30-22-14-17(5)37-29-22/h6-16,23-24,28H,1-5H3,(H,29,30)/t24-/m1/s1. The van der Waals surface area contributed by atoms with Crippen LogP contribution < -0.4 is 10.0 Å². The Kier molecular flexibility index (Phi) is 9.91. The van der Waals surface area contributed by atoms with E-state index in [-0.39, 0.29) is 10.7 Å². The maximum absolute atomic E-state index is 13.1. The van der Waals surface area contributed by atoms with E-state index in [4.69, 9.17) is 9.47 Å². The highest BCUT2D eigenvalue weighted by Gasteiger charge is 2.39. The topological polar surface area (TPSA) is 124 Å². The van der Waals surface area contributed by atoms with Crippen LogP contribution in [0.2, 0.25) is 0 Å². The molecule has 0 bridgehead atoms. The third-order valence-corrected chi connectivity index (χ3v) is 7.72. The van der Waals surface area contributed by atoms with Crippen molar-refractivity contribution >= 4 is 60.9 Å². The van der Waals surface area contributed by atoms with E-state index in [1.165, 1.54) is 23.7 Å². The van der Waals surface area contributed by atoms with Crippen LogP contribution in [0.5, 0.6) is 0 Å². The number of sulfonamides is 1. The highest BCUT2D eigenvalue weighted by atomic mass is 79.9. The summed E-state index contributed by atoms with van der Waals surface area (Å²) in [4.78, 5) is 27.2. The van der Waals surface area contributed by atoms with E-state index in [0.29, 0.717) is 11.3 Å². The number of carbonyl (C=O) groups excluding carboxylic acids is 2. The van der Waals surface area contributed by atoms with Gasteiger partial charge in [0.05, 0.1) is 23.1 Å². The Hall–Kier alpha value is -2.96. The minimum Gasteiger partial charge on any atom is -0.462 e. The summed E-state index contributed by atoms with van der Waals surface area (Å²) in [6.07, 6.45) is -0.887. The number of hydrogen-bond donors (Lipinski definition) is 2. The van der Waals surface area contributed by atoms with Crippen molar-refractivity contribution in [2.24, 2.45) is 5.92 Å². The van der Waals surface area contributed by atoms with Gasteiger partial charge in [-0.05, 0) is 94.2 Å². The molecule has 1 heterocycles. The molecule has 1 atom stereocenters. The van der Waals surface area contributed by atoms with Gasteiger partial charge in [-0.15, -0.1) is 0 Å². The zero-order chi connectivity index (χ0) is 28.0. The zero-order valence-corrected chi connectivity index (χ0v) is 24.8. The van der Waals surface area contributed by atoms with Crippen LogP contribution in [0.15, 0.2) is 64.0 Å². The maximum Gasteiger partial charge on any atom is 0.323 e. The number of ether oxygens (including phenoxy) is 2. The molecule has 0 spiro atoms. The fourth-order valence-electron chi connectivity index (χ4n) is 3.53. The summed E-state index contributed by atoms with van der Waals surface area (Å²) in [7, 11) is -3.86. The number of hydrogen-bond acceptors (Lipinski definition) is 9. The van der Waals surface area contributed by atoms with Gasteiger partial charge < -0.3 is 14.8 Å². The van der Waals surface area contributed by atoms with Crippen molar-refractivity contribution in [2.45, 2.75) is 57.8 Å². The molecule has 2 aromatic carbocycles. The van der Waals surface area contributed by atoms with E-state index in [9.17, 15) is 18.0 Å². The van der Waals surface area contributed by atoms with E-state index >= 15 is 0 Å². The van der Waals surface area contributed by atoms with Crippen LogP contribution in [-0.4, -0.2) is 36.9 Å². The molecule has 0 fully saturated rings. The first-order chi connectivity index (χ1) is 17.9. The summed E-state index contributed by atoms with van der Waals surface area (Å²) in [5.41, 5.74) is 1.12. The quantitative estimate of drug-likeness (QED) is 0.206. The molecule has 3 rings (SSSR count). The van der Waals surface area contributed by atoms with Gasteiger partial charge in [-0.2, -0.15) is 4.37 Å². The van der Waals surface area contributed by atoms with E-state index < -0.39 is 46.1 Å². The van der Waals surface area contributed by atoms with Gasteiger partial charge in [0.15, 0.2) is 11.7 Å². The first kappa shape index (κ1) is 29.6. The third kappa shape index (κ3) is 8.02. The predicted octanol–water partition coefficient (Wildman–Crippen LogP) is 5.69. The van der Waals surface area contributed by atoms with Crippen LogP contribution in [-0.2, 0) is 29.1 Å². The molecule has 0 aliphatic heterocycles. The Morgan fingerprint density at radius 3 is 1.95 bits per heavy atom. The van der Waals surface area contributed by atoms with Crippen molar-refractivity contribution in [1.29, 1.82) is 0 Å². The van der Waals surface area contributed by atoms with Gasteiger partial charge in [0.2, 0.25) is 0 Å². The van der Waals surface area contributed by atoms with Crippen molar-refractivity contribution in [3.05, 3.63) is 69.5 Å². The van der Waals surface area contributed by atoms with Gasteiger partial charge in [-0.1, -0.05) is 28.1 Å². The van der Waals surface area contributed by atoms with E-state index in [1.54, 1.807) is 70.2 Å². The smallest absolute Gasteiger partial charge is 0.323 e. The van der Waals surface area contributed by atoms with Crippen LogP contribution in [0.4, 0.5) is 11.5 Å². The maximum atomic E-state index is 13.1. The van der Waals surface area contributed by atoms with Gasteiger partial charge >= 0.3 is 11.9 Å². The molecule has 0 aliphatic rings. The predicted molar refractivity (Wildman–Crippen MR) is 151 cm³/mol. The molecule has 0 saturated heterocycles. The Morgan fingerprint density at radius 1 is 0.921 bits per heavy atom. The van der Waals surface area contributed by atoms with Crippen molar-refractivity contribution in [1.82, 2.24) is 4.37 Å². The van der Waals surface area contributed by atoms with Gasteiger partial charge in [0.25, 0.3) is 10.0 Å². The molecule has 0 amide bonds. The fourth-order valence-corrected chi connectivity index (χ4v) is 5.35. The van der Waals surface area contributed by atoms with Crippen molar-refractivity contribution in [2.75, 3.05) is 10.0 Å². The van der Waals surface area contributed by atoms with Crippen LogP contribution in [0.1, 0.15) is 44.2 Å². The molecule has 0 saturated carbocycles. The van der Waals surface area contributed by atoms with Gasteiger partial charge in [-0.3, -0.25) is 14.3 Å². The summed E-state index contributed by atoms with van der Waals surface area (Å²) < 4.78 is 43.8. The molecule has 1 aromatic heterocycles. The monoisotopic (exact) mass is 623 g/mol. The van der Waals surface area contributed by atoms with E-state index in [0.717, 1.165) is 9.35 Å². The molecular formula is C26H30BrN3O6S2. The molecular weight excluding hydrogens is 594 g/mol. The summed E-state index contributed by atoms with van der Waals surface area (Å²) in [6, 6.07) is 13.9. The lowest BCUT2D eigenvalue weighted by molar-refractivity contribution is -0.167. The van der Waals surface area contributed by atoms with Crippen LogP contribution in [0.25, 0.3) is 0 Å². The van der Waals surface area contributed by atoms with Gasteiger partial charge in [0, 0.05) is 15.0 Å². The fraction of sp³-hybridized carbons (Fsp3) is 0.346. The molecule has 204 valence electrons. The molecule has 2 N–H and O–H groups in total. The van der Waals surface area contributed by atoms with Crippen LogP contribution >= 0.6 is 27.5 Å². The number of nitrogens with one attached hydrogen (secondary N) is 2. The van der Waals surface area contributed by atoms with Crippen LogP contribution in [0, 0.1) is 12.8 Å². The lowest BCUT2D eigenvalue weighted by atomic mass is 9.92. The molecule has 12 heteroatoms. The van der Waals surface area contributed by atoms with E-state index in [1.807, 2.05) is 6.92 Å². The zero-order valence-electron chi connectivity index (χ0n) is 21.6.